The average molecular weight is 274 g/mol. The van der Waals surface area contributed by atoms with E-state index in [1.54, 1.807) is 7.11 Å². The van der Waals surface area contributed by atoms with Gasteiger partial charge in [-0.25, -0.2) is 0 Å². The van der Waals surface area contributed by atoms with Gasteiger partial charge in [0, 0.05) is 13.5 Å². The Morgan fingerprint density at radius 3 is 2.74 bits per heavy atom. The minimum atomic E-state index is -1.43. The van der Waals surface area contributed by atoms with Crippen LogP contribution >= 0.6 is 0 Å². The maximum atomic E-state index is 11.9. The normalized spacial score (nSPS) is 25.3. The Morgan fingerprint density at radius 2 is 2.16 bits per heavy atom. The summed E-state index contributed by atoms with van der Waals surface area (Å²) < 4.78 is 9.95. The topological polar surface area (TPSA) is 93.1 Å². The van der Waals surface area contributed by atoms with Gasteiger partial charge >= 0.3 is 5.97 Å². The smallest absolute Gasteiger partial charge is 0.317 e. The minimum absolute atomic E-state index is 0.0195. The molecule has 0 radical (unpaired) electrons. The summed E-state index contributed by atoms with van der Waals surface area (Å²) in [6.07, 6.45) is 0.993. The Hall–Kier alpha value is -0.980. The lowest BCUT2D eigenvalue weighted by molar-refractivity contribution is -0.160. The van der Waals surface area contributed by atoms with E-state index in [-0.39, 0.29) is 25.2 Å². The number of aliphatic hydroxyl groups is 1. The predicted octanol–water partition coefficient (Wildman–Crippen LogP) is 0.614. The summed E-state index contributed by atoms with van der Waals surface area (Å²) in [5.74, 6) is -1.41. The van der Waals surface area contributed by atoms with Crippen molar-refractivity contribution >= 4 is 11.8 Å². The zero-order valence-electron chi connectivity index (χ0n) is 11.3. The molecule has 1 fully saturated rings. The van der Waals surface area contributed by atoms with Crippen molar-refractivity contribution in [1.82, 2.24) is 0 Å². The Kier molecular flexibility index (Phi) is 6.41. The number of carbonyl (C=O) groups excluding carboxylic acids is 1. The highest BCUT2D eigenvalue weighted by Crippen LogP contribution is 2.37. The summed E-state index contributed by atoms with van der Waals surface area (Å²) in [5.41, 5.74) is -1.43. The van der Waals surface area contributed by atoms with Gasteiger partial charge in [0.05, 0.1) is 25.9 Å². The Morgan fingerprint density at radius 1 is 1.42 bits per heavy atom. The van der Waals surface area contributed by atoms with Crippen molar-refractivity contribution < 1.29 is 29.3 Å². The third-order valence-electron chi connectivity index (χ3n) is 3.53. The van der Waals surface area contributed by atoms with E-state index < -0.39 is 17.5 Å². The predicted molar refractivity (Wildman–Crippen MR) is 66.9 cm³/mol. The molecule has 19 heavy (non-hydrogen) atoms. The van der Waals surface area contributed by atoms with Crippen LogP contribution in [-0.4, -0.2) is 55.0 Å². The summed E-state index contributed by atoms with van der Waals surface area (Å²) >= 11 is 0. The van der Waals surface area contributed by atoms with Crippen LogP contribution in [0.1, 0.15) is 32.1 Å². The third-order valence-corrected chi connectivity index (χ3v) is 3.53. The van der Waals surface area contributed by atoms with Crippen LogP contribution in [-0.2, 0) is 19.1 Å². The van der Waals surface area contributed by atoms with Crippen LogP contribution in [0.4, 0.5) is 0 Å². The molecule has 0 aliphatic heterocycles. The van der Waals surface area contributed by atoms with E-state index >= 15 is 0 Å². The number of aliphatic hydroxyl groups excluding tert-OH is 1. The van der Waals surface area contributed by atoms with Crippen molar-refractivity contribution in [3.05, 3.63) is 0 Å². The molecule has 0 heterocycles. The van der Waals surface area contributed by atoms with E-state index in [2.05, 4.69) is 0 Å². The molecule has 0 aromatic carbocycles. The van der Waals surface area contributed by atoms with Crippen molar-refractivity contribution in [3.63, 3.8) is 0 Å². The van der Waals surface area contributed by atoms with Gasteiger partial charge in [0.15, 0.2) is 0 Å². The summed E-state index contributed by atoms with van der Waals surface area (Å²) in [6, 6.07) is 0. The van der Waals surface area contributed by atoms with Gasteiger partial charge in [0.2, 0.25) is 0 Å². The Balaban J connectivity index is 2.53. The minimum Gasteiger partial charge on any atom is -0.480 e. The number of aliphatic carboxylic acids is 1. The first kappa shape index (κ1) is 16.1. The molecular weight excluding hydrogens is 252 g/mol. The van der Waals surface area contributed by atoms with Gasteiger partial charge in [-0.1, -0.05) is 6.42 Å². The number of ether oxygens (including phenoxy) is 2. The lowest BCUT2D eigenvalue weighted by Gasteiger charge is -2.33. The Bertz CT molecular complexity index is 316. The molecule has 1 saturated carbocycles. The molecule has 0 aromatic heterocycles. The van der Waals surface area contributed by atoms with Gasteiger partial charge in [-0.3, -0.25) is 9.59 Å². The van der Waals surface area contributed by atoms with E-state index in [1.165, 1.54) is 0 Å². The van der Waals surface area contributed by atoms with E-state index in [9.17, 15) is 19.8 Å². The molecule has 6 heteroatoms. The molecule has 2 atom stereocenters. The van der Waals surface area contributed by atoms with Gasteiger partial charge in [-0.15, -0.1) is 0 Å². The van der Waals surface area contributed by atoms with Gasteiger partial charge < -0.3 is 19.7 Å². The number of ketones is 1. The fraction of sp³-hybridized carbons (Fsp3) is 0.846. The first-order valence-corrected chi connectivity index (χ1v) is 6.54. The molecule has 6 nitrogen and oxygen atoms in total. The molecule has 2 unspecified atom stereocenters. The highest BCUT2D eigenvalue weighted by atomic mass is 16.5. The van der Waals surface area contributed by atoms with Crippen LogP contribution in [0.25, 0.3) is 0 Å². The van der Waals surface area contributed by atoms with E-state index in [0.717, 1.165) is 6.42 Å². The zero-order chi connectivity index (χ0) is 14.3. The molecule has 0 bridgehead atoms. The summed E-state index contributed by atoms with van der Waals surface area (Å²) in [7, 11) is 1.54. The van der Waals surface area contributed by atoms with E-state index in [4.69, 9.17) is 9.47 Å². The number of rotatable bonds is 8. The van der Waals surface area contributed by atoms with Gasteiger partial charge in [0.1, 0.15) is 11.2 Å². The zero-order valence-corrected chi connectivity index (χ0v) is 11.3. The van der Waals surface area contributed by atoms with Crippen LogP contribution in [0.2, 0.25) is 0 Å². The fourth-order valence-corrected chi connectivity index (χ4v) is 2.44. The third kappa shape index (κ3) is 4.26. The highest BCUT2D eigenvalue weighted by Gasteiger charge is 2.47. The average Bonchev–Trinajstić information content (AvgIpc) is 2.37. The van der Waals surface area contributed by atoms with Gasteiger partial charge in [-0.05, 0) is 19.3 Å². The second kappa shape index (κ2) is 7.57. The van der Waals surface area contributed by atoms with Crippen LogP contribution in [0.5, 0.6) is 0 Å². The molecule has 110 valence electrons. The number of hydrogen-bond acceptors (Lipinski definition) is 5. The molecule has 0 aromatic rings. The number of Topliss-reactive ketones (excluding diaryl/α,β-unsaturated/α-hetero) is 1. The highest BCUT2D eigenvalue weighted by molar-refractivity contribution is 6.03. The monoisotopic (exact) mass is 274 g/mol. The Labute approximate surface area is 112 Å². The molecule has 0 amide bonds. The van der Waals surface area contributed by atoms with Crippen molar-refractivity contribution in [1.29, 1.82) is 0 Å². The van der Waals surface area contributed by atoms with Gasteiger partial charge in [0.25, 0.3) is 0 Å². The van der Waals surface area contributed by atoms with Crippen LogP contribution in [0.3, 0.4) is 0 Å². The second-order valence-electron chi connectivity index (χ2n) is 4.94. The number of carboxylic acids is 1. The lowest BCUT2D eigenvalue weighted by atomic mass is 9.69. The fourth-order valence-electron chi connectivity index (χ4n) is 2.44. The van der Waals surface area contributed by atoms with Crippen molar-refractivity contribution in [2.75, 3.05) is 26.9 Å². The first-order chi connectivity index (χ1) is 9.03. The largest absolute Gasteiger partial charge is 0.480 e. The van der Waals surface area contributed by atoms with Crippen molar-refractivity contribution in [2.24, 2.45) is 5.41 Å². The molecular formula is C13H22O6. The molecule has 1 rings (SSSR count). The number of hydrogen-bond donors (Lipinski definition) is 2. The maximum Gasteiger partial charge on any atom is 0.317 e. The summed E-state index contributed by atoms with van der Waals surface area (Å²) in [4.78, 5) is 23.3. The summed E-state index contributed by atoms with van der Waals surface area (Å²) in [6.45, 7) is 0.767. The SMILES string of the molecule is COCCOCC(O)CC1(C(=O)O)CCCCC1=O. The van der Waals surface area contributed by atoms with E-state index in [0.29, 0.717) is 26.1 Å². The maximum absolute atomic E-state index is 11.9. The van der Waals surface area contributed by atoms with Crippen molar-refractivity contribution in [2.45, 2.75) is 38.2 Å². The van der Waals surface area contributed by atoms with Crippen LogP contribution in [0.15, 0.2) is 0 Å². The van der Waals surface area contributed by atoms with E-state index in [1.807, 2.05) is 0 Å². The molecule has 0 saturated heterocycles. The number of carboxylic acid groups (broad SMARTS) is 1. The number of carbonyl (C=O) groups is 2. The molecule has 1 aliphatic carbocycles. The second-order valence-corrected chi connectivity index (χ2v) is 4.94. The first-order valence-electron chi connectivity index (χ1n) is 6.54. The molecule has 0 spiro atoms. The molecule has 1 aliphatic rings. The standard InChI is InChI=1S/C13H22O6/c1-18-6-7-19-9-10(14)8-13(12(16)17)5-3-2-4-11(13)15/h10,14H,2-9H2,1H3,(H,16,17). The van der Waals surface area contributed by atoms with Gasteiger partial charge in [-0.2, -0.15) is 0 Å². The van der Waals surface area contributed by atoms with Crippen LogP contribution < -0.4 is 0 Å². The number of methoxy groups -OCH3 is 1. The lowest BCUT2D eigenvalue weighted by Crippen LogP contribution is -2.44. The summed E-state index contributed by atoms with van der Waals surface area (Å²) in [5, 5.41) is 19.2. The van der Waals surface area contributed by atoms with Crippen LogP contribution in [0, 0.1) is 5.41 Å². The quantitative estimate of drug-likeness (QED) is 0.498. The van der Waals surface area contributed by atoms with Crippen molar-refractivity contribution in [3.8, 4) is 0 Å². The molecule has 2 N–H and O–H groups in total.